The molecule has 37 heavy (non-hydrogen) atoms. The molecule has 0 aliphatic carbocycles. The molecule has 1 aromatic carbocycles. The number of aromatic nitrogens is 1. The minimum atomic E-state index is -0.282. The van der Waals surface area contributed by atoms with E-state index < -0.39 is 0 Å². The van der Waals surface area contributed by atoms with Crippen molar-refractivity contribution in [3.8, 4) is 0 Å². The third-order valence-electron chi connectivity index (χ3n) is 8.04. The van der Waals surface area contributed by atoms with Crippen molar-refractivity contribution >= 4 is 34.3 Å². The second kappa shape index (κ2) is 12.6. The molecule has 4 rings (SSSR count). The number of nitrogens with zero attached hydrogens (tertiary/aromatic N) is 3. The van der Waals surface area contributed by atoms with Gasteiger partial charge in [0.25, 0.3) is 0 Å². The number of hydrogen-bond donors (Lipinski definition) is 1. The highest BCUT2D eigenvalue weighted by molar-refractivity contribution is 6.35. The molecule has 0 bridgehead atoms. The first-order chi connectivity index (χ1) is 17.8. The third-order valence-corrected chi connectivity index (χ3v) is 8.35. The minimum Gasteiger partial charge on any atom is -0.385 e. The van der Waals surface area contributed by atoms with Gasteiger partial charge in [0.05, 0.1) is 10.5 Å². The van der Waals surface area contributed by atoms with Crippen molar-refractivity contribution in [2.75, 3.05) is 39.9 Å². The van der Waals surface area contributed by atoms with Crippen molar-refractivity contribution in [3.05, 3.63) is 34.7 Å². The number of halogens is 2. The number of carbonyl (C=O) groups is 2. The Morgan fingerprint density at radius 2 is 1.95 bits per heavy atom. The third kappa shape index (κ3) is 6.65. The zero-order valence-electron chi connectivity index (χ0n) is 22.1. The first-order valence-electron chi connectivity index (χ1n) is 13.5. The molecule has 2 aliphatic heterocycles. The highest BCUT2D eigenvalue weighted by Gasteiger charge is 2.30. The van der Waals surface area contributed by atoms with Gasteiger partial charge in [-0.05, 0) is 62.6 Å². The summed E-state index contributed by atoms with van der Waals surface area (Å²) in [6.07, 6.45) is 5.64. The Morgan fingerprint density at radius 3 is 2.65 bits per heavy atom. The number of benzene rings is 1. The van der Waals surface area contributed by atoms with Gasteiger partial charge in [0.1, 0.15) is 5.82 Å². The van der Waals surface area contributed by atoms with E-state index in [1.807, 2.05) is 15.9 Å². The number of ether oxygens (including phenoxy) is 1. The average Bonchev–Trinajstić information content (AvgIpc) is 3.27. The Bertz CT molecular complexity index is 1100. The molecule has 7 nitrogen and oxygen atoms in total. The molecule has 9 heteroatoms. The van der Waals surface area contributed by atoms with Gasteiger partial charge in [-0.25, -0.2) is 4.39 Å². The number of methoxy groups -OCH3 is 1. The molecule has 0 spiro atoms. The van der Waals surface area contributed by atoms with Crippen LogP contribution in [0.1, 0.15) is 63.5 Å². The van der Waals surface area contributed by atoms with E-state index in [1.54, 1.807) is 20.1 Å². The average molecular weight is 535 g/mol. The van der Waals surface area contributed by atoms with Crippen LogP contribution in [0.15, 0.2) is 18.2 Å². The van der Waals surface area contributed by atoms with Crippen LogP contribution >= 0.6 is 11.6 Å². The molecule has 2 fully saturated rings. The van der Waals surface area contributed by atoms with Crippen molar-refractivity contribution in [2.45, 2.75) is 70.4 Å². The van der Waals surface area contributed by atoms with E-state index in [2.05, 4.69) is 4.57 Å². The molecule has 1 unspecified atom stereocenters. The Morgan fingerprint density at radius 1 is 1.19 bits per heavy atom. The zero-order valence-corrected chi connectivity index (χ0v) is 22.8. The quantitative estimate of drug-likeness (QED) is 0.479. The smallest absolute Gasteiger partial charge is 0.224 e. The van der Waals surface area contributed by atoms with Gasteiger partial charge >= 0.3 is 0 Å². The molecule has 2 aromatic rings. The highest BCUT2D eigenvalue weighted by Crippen LogP contribution is 2.36. The van der Waals surface area contributed by atoms with Gasteiger partial charge in [-0.15, -0.1) is 0 Å². The fourth-order valence-corrected chi connectivity index (χ4v) is 6.33. The standard InChI is InChI=1S/C28H40ClFN4O3/c1-19(35)32-12-8-20(9-13-32)15-22(31)16-27(36)33-10-3-5-21(18-33)26-17-23-25(30)7-6-24(29)28(23)34(26)11-4-14-37-2/h6-7,17,20-22H,3-5,8-16,18,31H2,1-2H3/t21?,22-/m1/s1. The van der Waals surface area contributed by atoms with E-state index in [0.717, 1.165) is 63.9 Å². The SMILES string of the molecule is COCCCn1c(C2CCCN(C(=O)C[C@H](N)CC3CCN(C(C)=O)CC3)C2)cc2c(F)ccc(Cl)c21. The molecular formula is C28H40ClFN4O3. The molecule has 0 saturated carbocycles. The number of rotatable bonds is 9. The predicted molar refractivity (Wildman–Crippen MR) is 144 cm³/mol. The summed E-state index contributed by atoms with van der Waals surface area (Å²) in [5.74, 6) is 0.491. The number of piperidine rings is 2. The van der Waals surface area contributed by atoms with Crippen LogP contribution < -0.4 is 5.73 Å². The predicted octanol–water partition coefficient (Wildman–Crippen LogP) is 4.54. The van der Waals surface area contributed by atoms with Crippen molar-refractivity contribution < 1.29 is 18.7 Å². The molecule has 2 amide bonds. The van der Waals surface area contributed by atoms with Gasteiger partial charge < -0.3 is 24.8 Å². The Balaban J connectivity index is 1.41. The lowest BCUT2D eigenvalue weighted by molar-refractivity contribution is -0.132. The molecule has 2 saturated heterocycles. The molecule has 0 radical (unpaired) electrons. The maximum atomic E-state index is 14.7. The van der Waals surface area contributed by atoms with Gasteiger partial charge in [0.15, 0.2) is 0 Å². The van der Waals surface area contributed by atoms with Crippen LogP contribution in [-0.2, 0) is 20.9 Å². The van der Waals surface area contributed by atoms with Gasteiger partial charge in [-0.1, -0.05) is 11.6 Å². The van der Waals surface area contributed by atoms with Crippen LogP contribution in [0.2, 0.25) is 5.02 Å². The van der Waals surface area contributed by atoms with Crippen LogP contribution in [0.5, 0.6) is 0 Å². The first kappa shape index (κ1) is 27.9. The summed E-state index contributed by atoms with van der Waals surface area (Å²) in [5.41, 5.74) is 8.17. The number of likely N-dealkylation sites (tertiary alicyclic amines) is 2. The number of amides is 2. The van der Waals surface area contributed by atoms with E-state index in [1.165, 1.54) is 6.07 Å². The van der Waals surface area contributed by atoms with Crippen molar-refractivity contribution in [2.24, 2.45) is 11.7 Å². The zero-order chi connectivity index (χ0) is 26.5. The molecule has 2 atom stereocenters. The van der Waals surface area contributed by atoms with E-state index >= 15 is 0 Å². The summed E-state index contributed by atoms with van der Waals surface area (Å²) in [4.78, 5) is 28.6. The topological polar surface area (TPSA) is 80.8 Å². The van der Waals surface area contributed by atoms with Gasteiger partial charge in [-0.2, -0.15) is 0 Å². The monoisotopic (exact) mass is 534 g/mol. The Labute approximate surface area is 224 Å². The number of aryl methyl sites for hydroxylation is 1. The van der Waals surface area contributed by atoms with Crippen LogP contribution in [0.4, 0.5) is 4.39 Å². The lowest BCUT2D eigenvalue weighted by Gasteiger charge is -2.35. The van der Waals surface area contributed by atoms with E-state index in [-0.39, 0.29) is 29.6 Å². The number of carbonyl (C=O) groups excluding carboxylic acids is 2. The largest absolute Gasteiger partial charge is 0.385 e. The lowest BCUT2D eigenvalue weighted by Crippen LogP contribution is -2.43. The minimum absolute atomic E-state index is 0.0876. The van der Waals surface area contributed by atoms with Crippen molar-refractivity contribution in [1.29, 1.82) is 0 Å². The number of fused-ring (bicyclic) bond motifs is 1. The van der Waals surface area contributed by atoms with E-state index in [4.69, 9.17) is 22.1 Å². The van der Waals surface area contributed by atoms with Crippen LogP contribution in [-0.4, -0.2) is 72.1 Å². The molecule has 2 N–H and O–H groups in total. The molecule has 1 aromatic heterocycles. The van der Waals surface area contributed by atoms with Gasteiger partial charge in [0.2, 0.25) is 11.8 Å². The molecule has 3 heterocycles. The van der Waals surface area contributed by atoms with E-state index in [9.17, 15) is 14.0 Å². The van der Waals surface area contributed by atoms with Crippen molar-refractivity contribution in [1.82, 2.24) is 14.4 Å². The second-order valence-electron chi connectivity index (χ2n) is 10.7. The van der Waals surface area contributed by atoms with Crippen LogP contribution in [0, 0.1) is 11.7 Å². The van der Waals surface area contributed by atoms with Crippen molar-refractivity contribution in [3.63, 3.8) is 0 Å². The normalized spacial score (nSPS) is 20.0. The number of hydrogen-bond acceptors (Lipinski definition) is 4. The van der Waals surface area contributed by atoms with Gasteiger partial charge in [0, 0.05) is 82.8 Å². The number of nitrogens with two attached hydrogens (primary N) is 1. The summed E-state index contributed by atoms with van der Waals surface area (Å²) in [5, 5.41) is 1.06. The highest BCUT2D eigenvalue weighted by atomic mass is 35.5. The summed E-state index contributed by atoms with van der Waals surface area (Å²) < 4.78 is 22.1. The molecule has 2 aliphatic rings. The second-order valence-corrected chi connectivity index (χ2v) is 11.1. The van der Waals surface area contributed by atoms with Gasteiger partial charge in [-0.3, -0.25) is 9.59 Å². The van der Waals surface area contributed by atoms with Crippen LogP contribution in [0.25, 0.3) is 10.9 Å². The molecule has 204 valence electrons. The van der Waals surface area contributed by atoms with Crippen LogP contribution in [0.3, 0.4) is 0 Å². The Hall–Kier alpha value is -2.16. The Kier molecular flexibility index (Phi) is 9.48. The first-order valence-corrected chi connectivity index (χ1v) is 13.9. The van der Waals surface area contributed by atoms with E-state index in [0.29, 0.717) is 48.0 Å². The summed E-state index contributed by atoms with van der Waals surface area (Å²) >= 11 is 6.52. The fraction of sp³-hybridized carbons (Fsp3) is 0.643. The maximum Gasteiger partial charge on any atom is 0.224 e. The summed E-state index contributed by atoms with van der Waals surface area (Å²) in [6.45, 7) is 5.76. The molecular weight excluding hydrogens is 495 g/mol. The lowest BCUT2D eigenvalue weighted by atomic mass is 9.89. The summed E-state index contributed by atoms with van der Waals surface area (Å²) in [6, 6.07) is 4.75. The summed E-state index contributed by atoms with van der Waals surface area (Å²) in [7, 11) is 1.67. The fourth-order valence-electron chi connectivity index (χ4n) is 6.06. The maximum absolute atomic E-state index is 14.7.